The summed E-state index contributed by atoms with van der Waals surface area (Å²) in [6, 6.07) is 11.2. The Balaban J connectivity index is 1.76. The van der Waals surface area contributed by atoms with Crippen LogP contribution in [0.2, 0.25) is 0 Å². The smallest absolute Gasteiger partial charge is 0.237 e. The number of hydrogen-bond acceptors (Lipinski definition) is 4. The van der Waals surface area contributed by atoms with Crippen molar-refractivity contribution < 1.29 is 14.3 Å². The van der Waals surface area contributed by atoms with E-state index < -0.39 is 0 Å². The summed E-state index contributed by atoms with van der Waals surface area (Å²) in [7, 11) is 0. The van der Waals surface area contributed by atoms with Crippen molar-refractivity contribution in [1.29, 1.82) is 0 Å². The van der Waals surface area contributed by atoms with Gasteiger partial charge in [-0.15, -0.1) is 0 Å². The molecule has 1 fully saturated rings. The van der Waals surface area contributed by atoms with E-state index in [4.69, 9.17) is 4.74 Å². The van der Waals surface area contributed by atoms with Gasteiger partial charge in [-0.05, 0) is 36.1 Å². The van der Waals surface area contributed by atoms with Gasteiger partial charge >= 0.3 is 0 Å². The van der Waals surface area contributed by atoms with Gasteiger partial charge in [-0.1, -0.05) is 32.9 Å². The zero-order valence-corrected chi connectivity index (χ0v) is 14.7. The number of aromatic nitrogens is 1. The Bertz CT molecular complexity index is 784. The van der Waals surface area contributed by atoms with Gasteiger partial charge in [-0.2, -0.15) is 0 Å². The monoisotopic (exact) mass is 338 g/mol. The van der Waals surface area contributed by atoms with Crippen molar-refractivity contribution in [3.8, 4) is 11.6 Å². The highest BCUT2D eigenvalue weighted by atomic mass is 16.5. The van der Waals surface area contributed by atoms with Gasteiger partial charge in [0, 0.05) is 18.4 Å². The molecular weight excluding hydrogens is 316 g/mol. The normalized spacial score (nSPS) is 17.4. The van der Waals surface area contributed by atoms with Crippen LogP contribution in [0, 0.1) is 5.92 Å². The van der Waals surface area contributed by atoms with Crippen LogP contribution in [-0.2, 0) is 9.59 Å². The van der Waals surface area contributed by atoms with Crippen LogP contribution in [0.1, 0.15) is 45.1 Å². The van der Waals surface area contributed by atoms with Crippen LogP contribution in [0.5, 0.6) is 11.6 Å². The van der Waals surface area contributed by atoms with Gasteiger partial charge in [0.25, 0.3) is 0 Å². The maximum absolute atomic E-state index is 12.3. The number of rotatable bonds is 5. The van der Waals surface area contributed by atoms with Crippen molar-refractivity contribution in [3.63, 3.8) is 0 Å². The topological polar surface area (TPSA) is 59.5 Å². The van der Waals surface area contributed by atoms with E-state index in [1.54, 1.807) is 12.1 Å². The molecule has 1 aromatic heterocycles. The number of hydrogen-bond donors (Lipinski definition) is 0. The molecule has 0 unspecified atom stereocenters. The van der Waals surface area contributed by atoms with Crippen LogP contribution in [0.15, 0.2) is 42.6 Å². The number of pyridine rings is 1. The second-order valence-electron chi connectivity index (χ2n) is 6.56. The van der Waals surface area contributed by atoms with E-state index >= 15 is 0 Å². The Morgan fingerprint density at radius 1 is 1.24 bits per heavy atom. The van der Waals surface area contributed by atoms with Gasteiger partial charge < -0.3 is 4.74 Å². The van der Waals surface area contributed by atoms with E-state index in [0.29, 0.717) is 29.7 Å². The van der Waals surface area contributed by atoms with Crippen LogP contribution in [0.3, 0.4) is 0 Å². The average molecular weight is 338 g/mol. The lowest BCUT2D eigenvalue weighted by atomic mass is 10.0. The number of anilines is 1. The zero-order chi connectivity index (χ0) is 18.0. The number of carbonyl (C=O) groups excluding carboxylic acids is 2. The second-order valence-corrected chi connectivity index (χ2v) is 6.56. The van der Waals surface area contributed by atoms with Crippen molar-refractivity contribution in [1.82, 2.24) is 4.98 Å². The van der Waals surface area contributed by atoms with Crippen LogP contribution in [0.25, 0.3) is 0 Å². The van der Waals surface area contributed by atoms with E-state index in [2.05, 4.69) is 24.9 Å². The third kappa shape index (κ3) is 3.55. The number of nitrogens with zero attached hydrogens (tertiary/aromatic N) is 2. The third-order valence-corrected chi connectivity index (χ3v) is 4.46. The van der Waals surface area contributed by atoms with Gasteiger partial charge in [0.15, 0.2) is 0 Å². The first kappa shape index (κ1) is 17.1. The van der Waals surface area contributed by atoms with E-state index in [1.807, 2.05) is 25.1 Å². The molecule has 0 spiro atoms. The molecule has 3 rings (SSSR count). The van der Waals surface area contributed by atoms with E-state index in [1.165, 1.54) is 16.7 Å². The van der Waals surface area contributed by atoms with Gasteiger partial charge in [0.1, 0.15) is 5.75 Å². The second kappa shape index (κ2) is 7.05. The Morgan fingerprint density at radius 3 is 2.64 bits per heavy atom. The molecule has 1 atom stereocenters. The van der Waals surface area contributed by atoms with E-state index in [-0.39, 0.29) is 24.2 Å². The summed E-state index contributed by atoms with van der Waals surface area (Å²) >= 11 is 0. The molecule has 5 nitrogen and oxygen atoms in total. The van der Waals surface area contributed by atoms with Crippen LogP contribution in [0.4, 0.5) is 5.69 Å². The van der Waals surface area contributed by atoms with E-state index in [9.17, 15) is 9.59 Å². The summed E-state index contributed by atoms with van der Waals surface area (Å²) < 4.78 is 5.78. The molecule has 2 heterocycles. The number of imide groups is 1. The summed E-state index contributed by atoms with van der Waals surface area (Å²) in [5.74, 6) is 1.02. The minimum atomic E-state index is -0.220. The molecule has 25 heavy (non-hydrogen) atoms. The molecule has 0 aliphatic carbocycles. The number of benzene rings is 1. The van der Waals surface area contributed by atoms with Gasteiger partial charge in [0.05, 0.1) is 11.9 Å². The first-order valence-electron chi connectivity index (χ1n) is 8.60. The molecule has 0 N–H and O–H groups in total. The summed E-state index contributed by atoms with van der Waals surface area (Å²) in [6.45, 7) is 6.17. The van der Waals surface area contributed by atoms with Crippen molar-refractivity contribution >= 4 is 17.5 Å². The van der Waals surface area contributed by atoms with Crippen LogP contribution in [-0.4, -0.2) is 16.8 Å². The highest BCUT2D eigenvalue weighted by molar-refractivity contribution is 6.20. The lowest BCUT2D eigenvalue weighted by molar-refractivity contribution is -0.122. The number of ether oxygens (including phenoxy) is 1. The highest BCUT2D eigenvalue weighted by Crippen LogP contribution is 2.29. The minimum Gasteiger partial charge on any atom is -0.439 e. The molecular formula is C20H22N2O3. The van der Waals surface area contributed by atoms with Gasteiger partial charge in [0.2, 0.25) is 17.7 Å². The van der Waals surface area contributed by atoms with Crippen LogP contribution >= 0.6 is 0 Å². The molecule has 1 aromatic carbocycles. The van der Waals surface area contributed by atoms with Crippen molar-refractivity contribution in [3.05, 3.63) is 48.2 Å². The first-order chi connectivity index (χ1) is 12.0. The van der Waals surface area contributed by atoms with Gasteiger partial charge in [-0.25, -0.2) is 9.88 Å². The fraction of sp³-hybridized carbons (Fsp3) is 0.350. The molecule has 5 heteroatoms. The molecule has 2 amide bonds. The molecule has 2 aromatic rings. The lowest BCUT2D eigenvalue weighted by Crippen LogP contribution is -2.30. The molecule has 130 valence electrons. The molecule has 0 bridgehead atoms. The Kier molecular flexibility index (Phi) is 4.83. The summed E-state index contributed by atoms with van der Waals surface area (Å²) in [6.07, 6.45) is 2.45. The predicted molar refractivity (Wildman–Crippen MR) is 95.7 cm³/mol. The average Bonchev–Trinajstić information content (AvgIpc) is 2.90. The summed E-state index contributed by atoms with van der Waals surface area (Å²) in [4.78, 5) is 29.8. The van der Waals surface area contributed by atoms with E-state index in [0.717, 1.165) is 0 Å². The lowest BCUT2D eigenvalue weighted by Gasteiger charge is -2.15. The molecule has 0 saturated carbocycles. The molecule has 1 aliphatic heterocycles. The minimum absolute atomic E-state index is 0.146. The Hall–Kier alpha value is -2.69. The Morgan fingerprint density at radius 2 is 2.04 bits per heavy atom. The fourth-order valence-corrected chi connectivity index (χ4v) is 2.91. The van der Waals surface area contributed by atoms with Gasteiger partial charge in [-0.3, -0.25) is 9.59 Å². The first-order valence-corrected chi connectivity index (χ1v) is 8.60. The van der Waals surface area contributed by atoms with Crippen LogP contribution < -0.4 is 9.64 Å². The molecule has 1 aliphatic rings. The maximum atomic E-state index is 12.3. The predicted octanol–water partition coefficient (Wildman–Crippen LogP) is 4.29. The summed E-state index contributed by atoms with van der Waals surface area (Å²) in [5.41, 5.74) is 1.68. The summed E-state index contributed by atoms with van der Waals surface area (Å²) in [5, 5.41) is 0. The third-order valence-electron chi connectivity index (χ3n) is 4.46. The number of amides is 2. The SMILES string of the molecule is CC[C@H]1CC(=O)N(c2ccc(Oc3cccc(C(C)C)c3)nc2)C1=O. The largest absolute Gasteiger partial charge is 0.439 e. The molecule has 1 saturated heterocycles. The Labute approximate surface area is 147 Å². The zero-order valence-electron chi connectivity index (χ0n) is 14.7. The molecule has 0 radical (unpaired) electrons. The van der Waals surface area contributed by atoms with Crippen molar-refractivity contribution in [2.75, 3.05) is 4.90 Å². The highest BCUT2D eigenvalue weighted by Gasteiger charge is 2.38. The standard InChI is InChI=1S/C20H22N2O3/c1-4-14-11-19(23)22(20(14)24)16-8-9-18(21-12-16)25-17-7-5-6-15(10-17)13(2)3/h5-10,12-14H,4,11H2,1-3H3/t14-/m0/s1. The number of carbonyl (C=O) groups is 2. The maximum Gasteiger partial charge on any atom is 0.237 e. The fourth-order valence-electron chi connectivity index (χ4n) is 2.91. The van der Waals surface area contributed by atoms with Crippen molar-refractivity contribution in [2.45, 2.75) is 39.5 Å². The quantitative estimate of drug-likeness (QED) is 0.763. The van der Waals surface area contributed by atoms with Crippen molar-refractivity contribution in [2.24, 2.45) is 5.92 Å².